The standard InChI is InChI=1S/C25H27N3O3/c29-24(30)12-16-7-9-28(10-8-16)15-17-5-6-22-19(11-17)14-23(26-22)20-13-18-3-1-2-4-21(18)27-25(20)31/h2,4-6,11,13-14,16,26H,1,3,7-10,12,15H2,(H,27,31)(H,29,30). The number of allylic oxidation sites excluding steroid dienone is 1. The lowest BCUT2D eigenvalue weighted by Crippen LogP contribution is -2.33. The number of carbonyl (C=O) groups is 1. The second-order valence-corrected chi connectivity index (χ2v) is 8.81. The second-order valence-electron chi connectivity index (χ2n) is 8.81. The summed E-state index contributed by atoms with van der Waals surface area (Å²) in [5.74, 6) is -0.393. The van der Waals surface area contributed by atoms with Gasteiger partial charge in [0.25, 0.3) is 5.56 Å². The number of piperidine rings is 1. The van der Waals surface area contributed by atoms with Gasteiger partial charge >= 0.3 is 5.97 Å². The lowest BCUT2D eigenvalue weighted by Gasteiger charge is -2.31. The number of H-pyrrole nitrogens is 2. The van der Waals surface area contributed by atoms with E-state index in [1.165, 1.54) is 11.1 Å². The molecule has 1 aromatic carbocycles. The van der Waals surface area contributed by atoms with Crippen molar-refractivity contribution in [2.24, 2.45) is 5.92 Å². The van der Waals surface area contributed by atoms with Crippen LogP contribution in [0.4, 0.5) is 0 Å². The van der Waals surface area contributed by atoms with Crippen LogP contribution in [0.3, 0.4) is 0 Å². The molecule has 1 aliphatic carbocycles. The molecule has 0 spiro atoms. The maximum absolute atomic E-state index is 12.6. The summed E-state index contributed by atoms with van der Waals surface area (Å²) in [6.45, 7) is 2.74. The zero-order valence-corrected chi connectivity index (χ0v) is 17.5. The third-order valence-corrected chi connectivity index (χ3v) is 6.57. The number of hydrogen-bond donors (Lipinski definition) is 3. The van der Waals surface area contributed by atoms with Crippen molar-refractivity contribution < 1.29 is 9.90 Å². The molecule has 0 unspecified atom stereocenters. The first-order valence-corrected chi connectivity index (χ1v) is 11.0. The molecule has 6 heteroatoms. The van der Waals surface area contributed by atoms with Gasteiger partial charge in [-0.2, -0.15) is 0 Å². The number of likely N-dealkylation sites (tertiary alicyclic amines) is 1. The zero-order valence-electron chi connectivity index (χ0n) is 17.5. The molecular weight excluding hydrogens is 390 g/mol. The van der Waals surface area contributed by atoms with Crippen LogP contribution >= 0.6 is 0 Å². The molecule has 5 rings (SSSR count). The van der Waals surface area contributed by atoms with Crippen LogP contribution in [0.15, 0.2) is 41.2 Å². The van der Waals surface area contributed by atoms with E-state index in [2.05, 4.69) is 45.2 Å². The molecule has 1 aliphatic heterocycles. The van der Waals surface area contributed by atoms with Gasteiger partial charge in [0, 0.05) is 29.6 Å². The van der Waals surface area contributed by atoms with Gasteiger partial charge in [-0.05, 0) is 86.2 Å². The highest BCUT2D eigenvalue weighted by Gasteiger charge is 2.21. The van der Waals surface area contributed by atoms with Crippen LogP contribution in [0, 0.1) is 5.92 Å². The normalized spacial score (nSPS) is 17.2. The summed E-state index contributed by atoms with van der Waals surface area (Å²) in [6, 6.07) is 10.5. The SMILES string of the molecule is O=C(O)CC1CCN(Cc2ccc3[nH]c(-c4cc5c([nH]c4=O)C=CCC5)cc3c2)CC1. The molecular formula is C25H27N3O3. The van der Waals surface area contributed by atoms with E-state index in [0.717, 1.165) is 67.6 Å². The van der Waals surface area contributed by atoms with Crippen molar-refractivity contribution >= 4 is 22.9 Å². The Kier molecular flexibility index (Phi) is 5.24. The summed E-state index contributed by atoms with van der Waals surface area (Å²) >= 11 is 0. The summed E-state index contributed by atoms with van der Waals surface area (Å²) in [7, 11) is 0. The monoisotopic (exact) mass is 417 g/mol. The number of hydrogen-bond acceptors (Lipinski definition) is 3. The number of rotatable bonds is 5. The smallest absolute Gasteiger partial charge is 0.303 e. The predicted molar refractivity (Wildman–Crippen MR) is 122 cm³/mol. The van der Waals surface area contributed by atoms with Crippen molar-refractivity contribution in [2.75, 3.05) is 13.1 Å². The molecule has 0 amide bonds. The Morgan fingerprint density at radius 3 is 2.77 bits per heavy atom. The number of carboxylic acids is 1. The Labute approximate surface area is 180 Å². The van der Waals surface area contributed by atoms with Crippen molar-refractivity contribution in [3.05, 3.63) is 63.6 Å². The maximum Gasteiger partial charge on any atom is 0.303 e. The molecule has 3 heterocycles. The minimum Gasteiger partial charge on any atom is -0.481 e. The third-order valence-electron chi connectivity index (χ3n) is 6.57. The number of aromatic amines is 2. The average Bonchev–Trinajstić information content (AvgIpc) is 3.17. The number of nitrogens with one attached hydrogen (secondary N) is 2. The summed E-state index contributed by atoms with van der Waals surface area (Å²) in [6.07, 6.45) is 8.20. The third kappa shape index (κ3) is 4.21. The first-order chi connectivity index (χ1) is 15.0. The van der Waals surface area contributed by atoms with Crippen molar-refractivity contribution in [3.63, 3.8) is 0 Å². The molecule has 160 valence electrons. The fourth-order valence-electron chi connectivity index (χ4n) is 4.86. The molecule has 1 fully saturated rings. The van der Waals surface area contributed by atoms with E-state index in [0.29, 0.717) is 11.5 Å². The van der Waals surface area contributed by atoms with Crippen LogP contribution in [-0.2, 0) is 17.8 Å². The van der Waals surface area contributed by atoms with E-state index >= 15 is 0 Å². The predicted octanol–water partition coefficient (Wildman–Crippen LogP) is 4.17. The Bertz CT molecular complexity index is 1210. The summed E-state index contributed by atoms with van der Waals surface area (Å²) in [5.41, 5.74) is 5.83. The highest BCUT2D eigenvalue weighted by Crippen LogP contribution is 2.27. The van der Waals surface area contributed by atoms with Crippen molar-refractivity contribution in [1.82, 2.24) is 14.9 Å². The Hall–Kier alpha value is -3.12. The molecule has 2 aromatic heterocycles. The molecule has 0 radical (unpaired) electrons. The minimum atomic E-state index is -0.693. The van der Waals surface area contributed by atoms with Gasteiger partial charge in [0.15, 0.2) is 0 Å². The van der Waals surface area contributed by atoms with Gasteiger partial charge in [-0.25, -0.2) is 0 Å². The van der Waals surface area contributed by atoms with E-state index < -0.39 is 5.97 Å². The Balaban J connectivity index is 1.34. The van der Waals surface area contributed by atoms with E-state index in [-0.39, 0.29) is 12.0 Å². The zero-order chi connectivity index (χ0) is 21.4. The largest absolute Gasteiger partial charge is 0.481 e. The van der Waals surface area contributed by atoms with Gasteiger partial charge < -0.3 is 15.1 Å². The van der Waals surface area contributed by atoms with Crippen LogP contribution in [0.5, 0.6) is 0 Å². The molecule has 0 atom stereocenters. The van der Waals surface area contributed by atoms with Crippen molar-refractivity contribution in [3.8, 4) is 11.3 Å². The summed E-state index contributed by atoms with van der Waals surface area (Å²) in [4.78, 5) is 32.4. The van der Waals surface area contributed by atoms with E-state index in [9.17, 15) is 9.59 Å². The fraction of sp³-hybridized carbons (Fsp3) is 0.360. The van der Waals surface area contributed by atoms with Crippen molar-refractivity contribution in [1.29, 1.82) is 0 Å². The number of fused-ring (bicyclic) bond motifs is 2. The molecule has 0 bridgehead atoms. The van der Waals surface area contributed by atoms with Crippen molar-refractivity contribution in [2.45, 2.75) is 38.6 Å². The average molecular weight is 418 g/mol. The summed E-state index contributed by atoms with van der Waals surface area (Å²) in [5, 5.41) is 10.1. The van der Waals surface area contributed by atoms with Gasteiger partial charge in [0.05, 0.1) is 11.3 Å². The lowest BCUT2D eigenvalue weighted by atomic mass is 9.93. The number of aryl methyl sites for hydroxylation is 1. The van der Waals surface area contributed by atoms with Gasteiger partial charge in [0.2, 0.25) is 0 Å². The summed E-state index contributed by atoms with van der Waals surface area (Å²) < 4.78 is 0. The van der Waals surface area contributed by atoms with Crippen LogP contribution in [-0.4, -0.2) is 39.0 Å². The molecule has 3 aromatic rings. The first-order valence-electron chi connectivity index (χ1n) is 11.0. The minimum absolute atomic E-state index is 0.0682. The number of aromatic nitrogens is 2. The highest BCUT2D eigenvalue weighted by atomic mass is 16.4. The van der Waals surface area contributed by atoms with Crippen LogP contribution in [0.2, 0.25) is 0 Å². The number of benzene rings is 1. The topological polar surface area (TPSA) is 89.2 Å². The molecule has 31 heavy (non-hydrogen) atoms. The van der Waals surface area contributed by atoms with Gasteiger partial charge in [-0.1, -0.05) is 12.1 Å². The van der Waals surface area contributed by atoms with E-state index in [4.69, 9.17) is 5.11 Å². The molecule has 1 saturated heterocycles. The first kappa shape index (κ1) is 19.8. The molecule has 0 saturated carbocycles. The van der Waals surface area contributed by atoms with Crippen LogP contribution < -0.4 is 5.56 Å². The number of nitrogens with zero attached hydrogens (tertiary/aromatic N) is 1. The second kappa shape index (κ2) is 8.19. The molecule has 2 aliphatic rings. The highest BCUT2D eigenvalue weighted by molar-refractivity contribution is 5.86. The molecule has 3 N–H and O–H groups in total. The molecule has 6 nitrogen and oxygen atoms in total. The van der Waals surface area contributed by atoms with Crippen LogP contribution in [0.25, 0.3) is 28.2 Å². The Morgan fingerprint density at radius 1 is 1.13 bits per heavy atom. The Morgan fingerprint density at radius 2 is 1.97 bits per heavy atom. The number of carboxylic acid groups (broad SMARTS) is 1. The maximum atomic E-state index is 12.6. The van der Waals surface area contributed by atoms with E-state index in [1.54, 1.807) is 0 Å². The number of aliphatic carboxylic acids is 1. The van der Waals surface area contributed by atoms with Gasteiger partial charge in [-0.3, -0.25) is 14.5 Å². The van der Waals surface area contributed by atoms with E-state index in [1.807, 2.05) is 12.1 Å². The quantitative estimate of drug-likeness (QED) is 0.581. The number of pyridine rings is 1. The lowest BCUT2D eigenvalue weighted by molar-refractivity contribution is -0.138. The fourth-order valence-corrected chi connectivity index (χ4v) is 4.86. The van der Waals surface area contributed by atoms with Gasteiger partial charge in [0.1, 0.15) is 0 Å². The van der Waals surface area contributed by atoms with Crippen LogP contribution in [0.1, 0.15) is 42.5 Å². The van der Waals surface area contributed by atoms with Gasteiger partial charge in [-0.15, -0.1) is 0 Å².